The SMILES string of the molecule is CC1(C)c2ccccc2-c2ccc(N(c3ccc(-n4c5ccccc5c5ccccc54)cc3)c3ccccc3-c3ccccc3)cc21. The molecule has 1 aliphatic carbocycles. The first-order valence-corrected chi connectivity index (χ1v) is 16.4. The van der Waals surface area contributed by atoms with Gasteiger partial charge in [0.1, 0.15) is 0 Å². The lowest BCUT2D eigenvalue weighted by atomic mass is 9.82. The molecule has 1 aliphatic rings. The van der Waals surface area contributed by atoms with Gasteiger partial charge in [-0.3, -0.25) is 0 Å². The third kappa shape index (κ3) is 4.26. The zero-order chi connectivity index (χ0) is 31.5. The minimum atomic E-state index is -0.0903. The van der Waals surface area contributed by atoms with Gasteiger partial charge < -0.3 is 9.47 Å². The Hall–Kier alpha value is -5.86. The average Bonchev–Trinajstić information content (AvgIpc) is 3.58. The molecule has 1 aromatic heterocycles. The van der Waals surface area contributed by atoms with Crippen molar-refractivity contribution in [2.75, 3.05) is 4.90 Å². The smallest absolute Gasteiger partial charge is 0.0541 e. The van der Waals surface area contributed by atoms with Gasteiger partial charge in [0.25, 0.3) is 0 Å². The van der Waals surface area contributed by atoms with Gasteiger partial charge in [-0.2, -0.15) is 0 Å². The number of aromatic nitrogens is 1. The van der Waals surface area contributed by atoms with E-state index in [4.69, 9.17) is 0 Å². The van der Waals surface area contributed by atoms with Gasteiger partial charge >= 0.3 is 0 Å². The van der Waals surface area contributed by atoms with Crippen LogP contribution >= 0.6 is 0 Å². The highest BCUT2D eigenvalue weighted by atomic mass is 15.1. The number of rotatable bonds is 5. The molecule has 0 saturated carbocycles. The number of benzene rings is 7. The van der Waals surface area contributed by atoms with E-state index < -0.39 is 0 Å². The van der Waals surface area contributed by atoms with Crippen molar-refractivity contribution < 1.29 is 0 Å². The first-order valence-electron chi connectivity index (χ1n) is 16.4. The largest absolute Gasteiger partial charge is 0.310 e. The summed E-state index contributed by atoms with van der Waals surface area (Å²) < 4.78 is 2.38. The van der Waals surface area contributed by atoms with Crippen molar-refractivity contribution in [1.29, 1.82) is 0 Å². The first kappa shape index (κ1) is 27.5. The molecule has 1 heterocycles. The zero-order valence-electron chi connectivity index (χ0n) is 26.6. The Labute approximate surface area is 275 Å². The summed E-state index contributed by atoms with van der Waals surface area (Å²) in [6, 6.07) is 61.8. The van der Waals surface area contributed by atoms with E-state index in [1.165, 1.54) is 55.2 Å². The van der Waals surface area contributed by atoms with Crippen LogP contribution in [-0.2, 0) is 5.41 Å². The molecule has 0 saturated heterocycles. The van der Waals surface area contributed by atoms with Crippen molar-refractivity contribution in [2.24, 2.45) is 0 Å². The first-order chi connectivity index (χ1) is 23.1. The van der Waals surface area contributed by atoms with Gasteiger partial charge in [-0.1, -0.05) is 129 Å². The molecule has 0 radical (unpaired) electrons. The van der Waals surface area contributed by atoms with E-state index in [1.807, 2.05) is 0 Å². The van der Waals surface area contributed by atoms with Gasteiger partial charge in [-0.05, 0) is 82.4 Å². The van der Waals surface area contributed by atoms with E-state index in [-0.39, 0.29) is 5.41 Å². The molecule has 7 aromatic carbocycles. The number of para-hydroxylation sites is 3. The molecule has 224 valence electrons. The number of nitrogens with zero attached hydrogens (tertiary/aromatic N) is 2. The summed E-state index contributed by atoms with van der Waals surface area (Å²) in [4.78, 5) is 2.43. The third-order valence-electron chi connectivity index (χ3n) is 10.0. The summed E-state index contributed by atoms with van der Waals surface area (Å²) in [6.45, 7) is 4.70. The Bertz CT molecular complexity index is 2380. The molecule has 0 bridgehead atoms. The van der Waals surface area contributed by atoms with E-state index in [9.17, 15) is 0 Å². The molecule has 0 aliphatic heterocycles. The summed E-state index contributed by atoms with van der Waals surface area (Å²) in [7, 11) is 0. The van der Waals surface area contributed by atoms with E-state index in [1.54, 1.807) is 0 Å². The predicted molar refractivity (Wildman–Crippen MR) is 198 cm³/mol. The molecular weight excluding hydrogens is 569 g/mol. The van der Waals surface area contributed by atoms with E-state index in [0.717, 1.165) is 22.7 Å². The van der Waals surface area contributed by atoms with Crippen molar-refractivity contribution in [3.63, 3.8) is 0 Å². The monoisotopic (exact) mass is 602 g/mol. The molecule has 8 aromatic rings. The Kier molecular flexibility index (Phi) is 6.20. The zero-order valence-corrected chi connectivity index (χ0v) is 26.6. The van der Waals surface area contributed by atoms with Crippen LogP contribution in [0.3, 0.4) is 0 Å². The Morgan fingerprint density at radius 1 is 0.447 bits per heavy atom. The molecular formula is C45H34N2. The quantitative estimate of drug-likeness (QED) is 0.190. The van der Waals surface area contributed by atoms with Gasteiger partial charge in [0, 0.05) is 38.8 Å². The molecule has 0 N–H and O–H groups in total. The Morgan fingerprint density at radius 3 is 1.72 bits per heavy atom. The van der Waals surface area contributed by atoms with E-state index in [2.05, 4.69) is 193 Å². The predicted octanol–water partition coefficient (Wildman–Crippen LogP) is 12.2. The van der Waals surface area contributed by atoms with Crippen molar-refractivity contribution >= 4 is 38.9 Å². The fourth-order valence-electron chi connectivity index (χ4n) is 7.74. The maximum atomic E-state index is 2.43. The summed E-state index contributed by atoms with van der Waals surface area (Å²) in [5, 5.41) is 2.54. The van der Waals surface area contributed by atoms with Crippen LogP contribution in [0.5, 0.6) is 0 Å². The van der Waals surface area contributed by atoms with E-state index in [0.29, 0.717) is 0 Å². The van der Waals surface area contributed by atoms with Crippen molar-refractivity contribution in [3.05, 3.63) is 181 Å². The highest BCUT2D eigenvalue weighted by molar-refractivity contribution is 6.09. The Morgan fingerprint density at radius 2 is 1.00 bits per heavy atom. The topological polar surface area (TPSA) is 8.17 Å². The van der Waals surface area contributed by atoms with Crippen LogP contribution in [0.2, 0.25) is 0 Å². The summed E-state index contributed by atoms with van der Waals surface area (Å²) in [5.74, 6) is 0. The van der Waals surface area contributed by atoms with Gasteiger partial charge in [0.2, 0.25) is 0 Å². The summed E-state index contributed by atoms with van der Waals surface area (Å²) in [5.41, 5.74) is 14.7. The summed E-state index contributed by atoms with van der Waals surface area (Å²) in [6.07, 6.45) is 0. The van der Waals surface area contributed by atoms with Crippen molar-refractivity contribution in [3.8, 4) is 27.9 Å². The van der Waals surface area contributed by atoms with Crippen LogP contribution in [0, 0.1) is 0 Å². The lowest BCUT2D eigenvalue weighted by Gasteiger charge is -2.30. The molecule has 0 amide bonds. The highest BCUT2D eigenvalue weighted by Gasteiger charge is 2.35. The van der Waals surface area contributed by atoms with Gasteiger partial charge in [-0.25, -0.2) is 0 Å². The second kappa shape index (κ2) is 10.6. The molecule has 9 rings (SSSR count). The van der Waals surface area contributed by atoms with Gasteiger partial charge in [0.05, 0.1) is 16.7 Å². The molecule has 2 heteroatoms. The molecule has 2 nitrogen and oxygen atoms in total. The molecule has 0 fully saturated rings. The average molecular weight is 603 g/mol. The minimum absolute atomic E-state index is 0.0903. The van der Waals surface area contributed by atoms with Crippen LogP contribution < -0.4 is 4.90 Å². The Balaban J connectivity index is 1.23. The maximum absolute atomic E-state index is 2.43. The van der Waals surface area contributed by atoms with Crippen molar-refractivity contribution in [2.45, 2.75) is 19.3 Å². The minimum Gasteiger partial charge on any atom is -0.310 e. The molecule has 0 spiro atoms. The highest BCUT2D eigenvalue weighted by Crippen LogP contribution is 2.51. The van der Waals surface area contributed by atoms with Crippen LogP contribution in [-0.4, -0.2) is 4.57 Å². The fourth-order valence-corrected chi connectivity index (χ4v) is 7.74. The normalized spacial score (nSPS) is 13.1. The molecule has 0 unspecified atom stereocenters. The lowest BCUT2D eigenvalue weighted by molar-refractivity contribution is 0.660. The standard InChI is InChI=1S/C45H34N2/c1-45(2)40-20-10-6-17-36(40)37-29-28-34(30-41(37)45)46(42-21-11-7-16-35(42)31-14-4-3-5-15-31)32-24-26-33(27-25-32)47-43-22-12-8-18-38(43)39-19-9-13-23-44(39)47/h3-30H,1-2H3. The molecule has 0 atom stereocenters. The van der Waals surface area contributed by atoms with Crippen LogP contribution in [0.4, 0.5) is 17.1 Å². The maximum Gasteiger partial charge on any atom is 0.0541 e. The summed E-state index contributed by atoms with van der Waals surface area (Å²) >= 11 is 0. The van der Waals surface area contributed by atoms with E-state index >= 15 is 0 Å². The van der Waals surface area contributed by atoms with Gasteiger partial charge in [0.15, 0.2) is 0 Å². The number of anilines is 3. The van der Waals surface area contributed by atoms with Gasteiger partial charge in [-0.15, -0.1) is 0 Å². The number of hydrogen-bond acceptors (Lipinski definition) is 1. The second-order valence-electron chi connectivity index (χ2n) is 13.0. The lowest BCUT2D eigenvalue weighted by Crippen LogP contribution is -2.17. The van der Waals surface area contributed by atoms with Crippen LogP contribution in [0.25, 0.3) is 49.7 Å². The third-order valence-corrected chi connectivity index (χ3v) is 10.0. The fraction of sp³-hybridized carbons (Fsp3) is 0.0667. The second-order valence-corrected chi connectivity index (χ2v) is 13.0. The van der Waals surface area contributed by atoms with Crippen LogP contribution in [0.15, 0.2) is 170 Å². The number of hydrogen-bond donors (Lipinski definition) is 0. The molecule has 47 heavy (non-hydrogen) atoms. The van der Waals surface area contributed by atoms with Crippen LogP contribution in [0.1, 0.15) is 25.0 Å². The number of fused-ring (bicyclic) bond motifs is 6. The van der Waals surface area contributed by atoms with Crippen molar-refractivity contribution in [1.82, 2.24) is 4.57 Å².